The maximum atomic E-state index is 4.53. The van der Waals surface area contributed by atoms with Crippen LogP contribution in [0.25, 0.3) is 5.70 Å². The van der Waals surface area contributed by atoms with Crippen LogP contribution in [0, 0.1) is 0 Å². The lowest BCUT2D eigenvalue weighted by atomic mass is 10.1. The van der Waals surface area contributed by atoms with Gasteiger partial charge >= 0.3 is 0 Å². The summed E-state index contributed by atoms with van der Waals surface area (Å²) >= 11 is 0. The molecule has 2 nitrogen and oxygen atoms in total. The van der Waals surface area contributed by atoms with Crippen LogP contribution in [0.1, 0.15) is 19.4 Å². The topological polar surface area (TPSA) is 15.6 Å². The molecule has 0 saturated heterocycles. The van der Waals surface area contributed by atoms with E-state index >= 15 is 0 Å². The van der Waals surface area contributed by atoms with Gasteiger partial charge in [0.1, 0.15) is 5.84 Å². The Kier molecular flexibility index (Phi) is 2.12. The molecule has 0 aromatic heterocycles. The zero-order valence-electron chi connectivity index (χ0n) is 8.62. The Labute approximate surface area is 84.6 Å². The number of fused-ring (bicyclic) bond motifs is 1. The number of para-hydroxylation sites is 1. The highest BCUT2D eigenvalue weighted by Crippen LogP contribution is 2.32. The van der Waals surface area contributed by atoms with Gasteiger partial charge in [-0.3, -0.25) is 0 Å². The van der Waals surface area contributed by atoms with Crippen molar-refractivity contribution in [3.8, 4) is 0 Å². The van der Waals surface area contributed by atoms with Gasteiger partial charge in [0, 0.05) is 17.8 Å². The van der Waals surface area contributed by atoms with E-state index in [1.807, 2.05) is 25.1 Å². The van der Waals surface area contributed by atoms with Gasteiger partial charge in [-0.25, -0.2) is 4.99 Å². The average Bonchev–Trinajstić information content (AvgIpc) is 2.18. The Bertz CT molecular complexity index is 405. The fourth-order valence-electron chi connectivity index (χ4n) is 1.81. The molecule has 2 heteroatoms. The van der Waals surface area contributed by atoms with Crippen LogP contribution in [-0.2, 0) is 0 Å². The largest absolute Gasteiger partial charge is 0.330 e. The first-order chi connectivity index (χ1) is 6.74. The predicted molar refractivity (Wildman–Crippen MR) is 60.6 cm³/mol. The molecular weight excluding hydrogens is 172 g/mol. The molecule has 14 heavy (non-hydrogen) atoms. The lowest BCUT2D eigenvalue weighted by molar-refractivity contribution is 0.608. The smallest absolute Gasteiger partial charge is 0.106 e. The molecule has 2 rings (SSSR count). The summed E-state index contributed by atoms with van der Waals surface area (Å²) in [6.45, 7) is 9.15. The van der Waals surface area contributed by atoms with Gasteiger partial charge in [0.15, 0.2) is 0 Å². The highest BCUT2D eigenvalue weighted by atomic mass is 15.2. The normalized spacial score (nSPS) is 15.1. The molecule has 0 aliphatic carbocycles. The van der Waals surface area contributed by atoms with Crippen molar-refractivity contribution in [2.75, 3.05) is 6.54 Å². The summed E-state index contributed by atoms with van der Waals surface area (Å²) in [5.74, 6) is 1.02. The van der Waals surface area contributed by atoms with Crippen LogP contribution in [0.2, 0.25) is 0 Å². The van der Waals surface area contributed by atoms with Crippen molar-refractivity contribution >= 4 is 17.2 Å². The standard InChI is InChI=1S/C12H14N2/c1-4-14-9(2)11-7-5-6-8-12(11)13-10(14)3/h5-8H,2,4H2,1,3H3. The average molecular weight is 186 g/mol. The molecule has 0 N–H and O–H groups in total. The molecule has 0 fully saturated rings. The Morgan fingerprint density at radius 2 is 2.07 bits per heavy atom. The molecule has 1 aromatic rings. The number of aliphatic imine (C=N–C) groups is 1. The summed E-state index contributed by atoms with van der Waals surface area (Å²) in [5.41, 5.74) is 3.22. The van der Waals surface area contributed by atoms with E-state index in [-0.39, 0.29) is 0 Å². The summed E-state index contributed by atoms with van der Waals surface area (Å²) in [5, 5.41) is 0. The Hall–Kier alpha value is -1.57. The number of hydrogen-bond acceptors (Lipinski definition) is 2. The number of amidine groups is 1. The van der Waals surface area contributed by atoms with Gasteiger partial charge in [-0.05, 0) is 19.9 Å². The molecule has 0 saturated carbocycles. The van der Waals surface area contributed by atoms with Gasteiger partial charge < -0.3 is 4.90 Å². The third-order valence-corrected chi connectivity index (χ3v) is 2.53. The fraction of sp³-hybridized carbons (Fsp3) is 0.250. The van der Waals surface area contributed by atoms with Crippen molar-refractivity contribution in [3.05, 3.63) is 36.4 Å². The number of benzene rings is 1. The molecular formula is C12H14N2. The van der Waals surface area contributed by atoms with Crippen LogP contribution in [0.5, 0.6) is 0 Å². The van der Waals surface area contributed by atoms with E-state index < -0.39 is 0 Å². The third-order valence-electron chi connectivity index (χ3n) is 2.53. The van der Waals surface area contributed by atoms with Gasteiger partial charge in [-0.2, -0.15) is 0 Å². The molecule has 0 amide bonds. The molecule has 1 aliphatic heterocycles. The van der Waals surface area contributed by atoms with Crippen LogP contribution in [0.4, 0.5) is 5.69 Å². The van der Waals surface area contributed by atoms with Crippen molar-refractivity contribution in [2.24, 2.45) is 4.99 Å². The van der Waals surface area contributed by atoms with Crippen molar-refractivity contribution < 1.29 is 0 Å². The molecule has 1 heterocycles. The van der Waals surface area contributed by atoms with Gasteiger partial charge in [0.2, 0.25) is 0 Å². The maximum absolute atomic E-state index is 4.53. The maximum Gasteiger partial charge on any atom is 0.106 e. The quantitative estimate of drug-likeness (QED) is 0.658. The highest BCUT2D eigenvalue weighted by Gasteiger charge is 2.18. The zero-order valence-corrected chi connectivity index (χ0v) is 8.62. The predicted octanol–water partition coefficient (Wildman–Crippen LogP) is 3.04. The number of nitrogens with zero attached hydrogens (tertiary/aromatic N) is 2. The second-order valence-corrected chi connectivity index (χ2v) is 3.37. The Balaban J connectivity index is 2.55. The van der Waals surface area contributed by atoms with Crippen LogP contribution < -0.4 is 0 Å². The van der Waals surface area contributed by atoms with Gasteiger partial charge in [0.05, 0.1) is 5.69 Å². The molecule has 1 aliphatic rings. The molecule has 0 unspecified atom stereocenters. The minimum absolute atomic E-state index is 0.919. The highest BCUT2D eigenvalue weighted by molar-refractivity contribution is 5.96. The van der Waals surface area contributed by atoms with Crippen LogP contribution in [-0.4, -0.2) is 17.3 Å². The van der Waals surface area contributed by atoms with Gasteiger partial charge in [0.25, 0.3) is 0 Å². The Morgan fingerprint density at radius 3 is 2.79 bits per heavy atom. The fourth-order valence-corrected chi connectivity index (χ4v) is 1.81. The molecule has 72 valence electrons. The van der Waals surface area contributed by atoms with E-state index in [2.05, 4.69) is 29.5 Å². The molecule has 0 bridgehead atoms. The van der Waals surface area contributed by atoms with Crippen LogP contribution in [0.3, 0.4) is 0 Å². The van der Waals surface area contributed by atoms with Gasteiger partial charge in [-0.1, -0.05) is 24.8 Å². The van der Waals surface area contributed by atoms with E-state index in [9.17, 15) is 0 Å². The van der Waals surface area contributed by atoms with E-state index in [0.717, 1.165) is 29.3 Å². The Morgan fingerprint density at radius 1 is 1.36 bits per heavy atom. The van der Waals surface area contributed by atoms with E-state index in [0.29, 0.717) is 0 Å². The summed E-state index contributed by atoms with van der Waals surface area (Å²) < 4.78 is 0. The molecule has 0 spiro atoms. The second-order valence-electron chi connectivity index (χ2n) is 3.37. The monoisotopic (exact) mass is 186 g/mol. The third kappa shape index (κ3) is 1.23. The molecule has 0 atom stereocenters. The second kappa shape index (κ2) is 3.29. The van der Waals surface area contributed by atoms with Crippen molar-refractivity contribution in [1.29, 1.82) is 0 Å². The first-order valence-electron chi connectivity index (χ1n) is 4.85. The summed E-state index contributed by atoms with van der Waals surface area (Å²) in [6, 6.07) is 8.12. The number of rotatable bonds is 1. The zero-order chi connectivity index (χ0) is 10.1. The minimum Gasteiger partial charge on any atom is -0.330 e. The number of hydrogen-bond donors (Lipinski definition) is 0. The van der Waals surface area contributed by atoms with Crippen molar-refractivity contribution in [3.63, 3.8) is 0 Å². The summed E-state index contributed by atoms with van der Waals surface area (Å²) in [6.07, 6.45) is 0. The first-order valence-corrected chi connectivity index (χ1v) is 4.85. The van der Waals surface area contributed by atoms with E-state index in [4.69, 9.17) is 0 Å². The van der Waals surface area contributed by atoms with Gasteiger partial charge in [-0.15, -0.1) is 0 Å². The van der Waals surface area contributed by atoms with Crippen LogP contribution >= 0.6 is 0 Å². The molecule has 1 aromatic carbocycles. The van der Waals surface area contributed by atoms with Crippen molar-refractivity contribution in [1.82, 2.24) is 4.90 Å². The first kappa shape index (κ1) is 9.00. The molecule has 0 radical (unpaired) electrons. The SMILES string of the molecule is C=C1c2ccccc2N=C(C)N1CC. The summed E-state index contributed by atoms with van der Waals surface area (Å²) in [4.78, 5) is 6.66. The van der Waals surface area contributed by atoms with E-state index in [1.165, 1.54) is 0 Å². The lowest BCUT2D eigenvalue weighted by Crippen LogP contribution is -2.28. The lowest BCUT2D eigenvalue weighted by Gasteiger charge is -2.29. The van der Waals surface area contributed by atoms with Crippen LogP contribution in [0.15, 0.2) is 35.8 Å². The minimum atomic E-state index is 0.919. The summed E-state index contributed by atoms with van der Waals surface area (Å²) in [7, 11) is 0. The van der Waals surface area contributed by atoms with Crippen molar-refractivity contribution in [2.45, 2.75) is 13.8 Å². The van der Waals surface area contributed by atoms with E-state index in [1.54, 1.807) is 0 Å².